The van der Waals surface area contributed by atoms with Crippen molar-refractivity contribution in [2.24, 2.45) is 0 Å². The standard InChI is InChI=1S/C13H16ClN5/c1-16-12-7-10(17-13(15)18-12)9-6-8(14)4-5-11(9)19(2)3/h4-7H,1-3H3,(H3,15,16,17,18). The van der Waals surface area contributed by atoms with E-state index in [-0.39, 0.29) is 5.95 Å². The molecule has 0 amide bonds. The van der Waals surface area contributed by atoms with Gasteiger partial charge in [-0.05, 0) is 18.2 Å². The minimum absolute atomic E-state index is 0.228. The van der Waals surface area contributed by atoms with Crippen LogP contribution in [0, 0.1) is 0 Å². The summed E-state index contributed by atoms with van der Waals surface area (Å²) in [6.45, 7) is 0. The highest BCUT2D eigenvalue weighted by atomic mass is 35.5. The van der Waals surface area contributed by atoms with Gasteiger partial charge < -0.3 is 16.0 Å². The average molecular weight is 278 g/mol. The SMILES string of the molecule is CNc1cc(-c2cc(Cl)ccc2N(C)C)nc(N)n1. The van der Waals surface area contributed by atoms with Crippen molar-refractivity contribution in [2.45, 2.75) is 0 Å². The minimum Gasteiger partial charge on any atom is -0.377 e. The van der Waals surface area contributed by atoms with Crippen LogP contribution in [0.2, 0.25) is 5.02 Å². The van der Waals surface area contributed by atoms with Crippen LogP contribution in [-0.4, -0.2) is 31.1 Å². The van der Waals surface area contributed by atoms with E-state index in [2.05, 4.69) is 15.3 Å². The van der Waals surface area contributed by atoms with Gasteiger partial charge in [-0.15, -0.1) is 0 Å². The first-order valence-corrected chi connectivity index (χ1v) is 6.18. The molecule has 2 aromatic rings. The number of benzene rings is 1. The number of rotatable bonds is 3. The number of nitrogens with two attached hydrogens (primary N) is 1. The second-order valence-corrected chi connectivity index (χ2v) is 4.74. The quantitative estimate of drug-likeness (QED) is 0.902. The Morgan fingerprint density at radius 1 is 1.21 bits per heavy atom. The molecule has 0 unspecified atom stereocenters. The van der Waals surface area contributed by atoms with E-state index in [1.807, 2.05) is 43.3 Å². The van der Waals surface area contributed by atoms with E-state index in [0.717, 1.165) is 16.9 Å². The number of anilines is 3. The number of hydrogen-bond donors (Lipinski definition) is 2. The van der Waals surface area contributed by atoms with Crippen molar-refractivity contribution in [1.82, 2.24) is 9.97 Å². The van der Waals surface area contributed by atoms with Gasteiger partial charge in [-0.3, -0.25) is 0 Å². The Labute approximate surface area is 117 Å². The van der Waals surface area contributed by atoms with E-state index in [1.54, 1.807) is 7.05 Å². The first kappa shape index (κ1) is 13.4. The molecular formula is C13H16ClN5. The van der Waals surface area contributed by atoms with Gasteiger partial charge in [0, 0.05) is 43.5 Å². The van der Waals surface area contributed by atoms with Crippen molar-refractivity contribution in [3.05, 3.63) is 29.3 Å². The second kappa shape index (κ2) is 5.32. The first-order valence-electron chi connectivity index (χ1n) is 5.81. The highest BCUT2D eigenvalue weighted by Gasteiger charge is 2.11. The molecule has 19 heavy (non-hydrogen) atoms. The molecule has 0 saturated carbocycles. The Morgan fingerprint density at radius 2 is 1.95 bits per heavy atom. The van der Waals surface area contributed by atoms with Crippen LogP contribution in [0.4, 0.5) is 17.5 Å². The molecule has 0 fully saturated rings. The van der Waals surface area contributed by atoms with Crippen LogP contribution in [0.15, 0.2) is 24.3 Å². The van der Waals surface area contributed by atoms with Crippen molar-refractivity contribution in [1.29, 1.82) is 0 Å². The van der Waals surface area contributed by atoms with Crippen molar-refractivity contribution in [3.63, 3.8) is 0 Å². The highest BCUT2D eigenvalue weighted by molar-refractivity contribution is 6.31. The maximum atomic E-state index is 6.08. The van der Waals surface area contributed by atoms with Gasteiger partial charge in [-0.2, -0.15) is 4.98 Å². The summed E-state index contributed by atoms with van der Waals surface area (Å²) in [7, 11) is 5.73. The summed E-state index contributed by atoms with van der Waals surface area (Å²) in [5.74, 6) is 0.902. The molecule has 0 radical (unpaired) electrons. The third-order valence-corrected chi connectivity index (χ3v) is 2.95. The van der Waals surface area contributed by atoms with Gasteiger partial charge in [0.05, 0.1) is 5.69 Å². The molecule has 3 N–H and O–H groups in total. The van der Waals surface area contributed by atoms with Crippen LogP contribution in [0.1, 0.15) is 0 Å². The van der Waals surface area contributed by atoms with Crippen LogP contribution >= 0.6 is 11.6 Å². The maximum Gasteiger partial charge on any atom is 0.222 e. The molecule has 0 aliphatic rings. The van der Waals surface area contributed by atoms with Crippen molar-refractivity contribution < 1.29 is 0 Å². The summed E-state index contributed by atoms with van der Waals surface area (Å²) in [4.78, 5) is 10.4. The number of nitrogen functional groups attached to an aromatic ring is 1. The largest absolute Gasteiger partial charge is 0.377 e. The third kappa shape index (κ3) is 2.88. The fraction of sp³-hybridized carbons (Fsp3) is 0.231. The van der Waals surface area contributed by atoms with E-state index < -0.39 is 0 Å². The van der Waals surface area contributed by atoms with Gasteiger partial charge in [-0.25, -0.2) is 4.98 Å². The summed E-state index contributed by atoms with van der Waals surface area (Å²) < 4.78 is 0. The number of aromatic nitrogens is 2. The number of halogens is 1. The first-order chi connectivity index (χ1) is 9.01. The average Bonchev–Trinajstić information content (AvgIpc) is 2.37. The predicted molar refractivity (Wildman–Crippen MR) is 80.8 cm³/mol. The van der Waals surface area contributed by atoms with Gasteiger partial charge in [0.25, 0.3) is 0 Å². The normalized spacial score (nSPS) is 10.3. The predicted octanol–water partition coefficient (Wildman–Crippen LogP) is 2.49. The van der Waals surface area contributed by atoms with Gasteiger partial charge >= 0.3 is 0 Å². The van der Waals surface area contributed by atoms with Crippen molar-refractivity contribution in [3.8, 4) is 11.3 Å². The Kier molecular flexibility index (Phi) is 3.76. The smallest absolute Gasteiger partial charge is 0.222 e. The molecule has 5 nitrogen and oxygen atoms in total. The molecule has 0 atom stereocenters. The molecular weight excluding hydrogens is 262 g/mol. The lowest BCUT2D eigenvalue weighted by molar-refractivity contribution is 1.12. The summed E-state index contributed by atoms with van der Waals surface area (Å²) in [5, 5.41) is 3.62. The third-order valence-electron chi connectivity index (χ3n) is 2.72. The number of nitrogens with zero attached hydrogens (tertiary/aromatic N) is 3. The van der Waals surface area contributed by atoms with Gasteiger partial charge in [0.2, 0.25) is 5.95 Å². The zero-order chi connectivity index (χ0) is 14.0. The fourth-order valence-corrected chi connectivity index (χ4v) is 2.01. The molecule has 1 aromatic heterocycles. The second-order valence-electron chi connectivity index (χ2n) is 4.30. The molecule has 0 aliphatic carbocycles. The molecule has 2 rings (SSSR count). The zero-order valence-corrected chi connectivity index (χ0v) is 11.9. The summed E-state index contributed by atoms with van der Waals surface area (Å²) in [6, 6.07) is 7.52. The monoisotopic (exact) mass is 277 g/mol. The fourth-order valence-electron chi connectivity index (χ4n) is 1.84. The van der Waals surface area contributed by atoms with Crippen molar-refractivity contribution in [2.75, 3.05) is 37.1 Å². The summed E-state index contributed by atoms with van der Waals surface area (Å²) in [6.07, 6.45) is 0. The molecule has 0 spiro atoms. The van der Waals surface area contributed by atoms with Gasteiger partial charge in [0.15, 0.2) is 0 Å². The molecule has 6 heteroatoms. The topological polar surface area (TPSA) is 67.1 Å². The number of nitrogens with one attached hydrogen (secondary N) is 1. The molecule has 100 valence electrons. The highest BCUT2D eigenvalue weighted by Crippen LogP contribution is 2.32. The van der Waals surface area contributed by atoms with E-state index >= 15 is 0 Å². The molecule has 0 saturated heterocycles. The minimum atomic E-state index is 0.228. The maximum absolute atomic E-state index is 6.08. The lowest BCUT2D eigenvalue weighted by Gasteiger charge is -2.18. The van der Waals surface area contributed by atoms with Crippen LogP contribution in [-0.2, 0) is 0 Å². The number of hydrogen-bond acceptors (Lipinski definition) is 5. The molecule has 0 bridgehead atoms. The Hall–Kier alpha value is -2.01. The summed E-state index contributed by atoms with van der Waals surface area (Å²) >= 11 is 6.08. The van der Waals surface area contributed by atoms with Crippen LogP contribution in [0.3, 0.4) is 0 Å². The van der Waals surface area contributed by atoms with Crippen LogP contribution in [0.25, 0.3) is 11.3 Å². The molecule has 1 heterocycles. The Morgan fingerprint density at radius 3 is 2.58 bits per heavy atom. The van der Waals surface area contributed by atoms with Crippen LogP contribution in [0.5, 0.6) is 0 Å². The van der Waals surface area contributed by atoms with E-state index in [4.69, 9.17) is 17.3 Å². The molecule has 0 aliphatic heterocycles. The van der Waals surface area contributed by atoms with Crippen molar-refractivity contribution >= 4 is 29.1 Å². The van der Waals surface area contributed by atoms with Gasteiger partial charge in [-0.1, -0.05) is 11.6 Å². The van der Waals surface area contributed by atoms with E-state index in [9.17, 15) is 0 Å². The Bertz CT molecular complexity index is 598. The van der Waals surface area contributed by atoms with Crippen LogP contribution < -0.4 is 16.0 Å². The van der Waals surface area contributed by atoms with E-state index in [0.29, 0.717) is 10.8 Å². The lowest BCUT2D eigenvalue weighted by atomic mass is 10.1. The zero-order valence-electron chi connectivity index (χ0n) is 11.1. The Balaban J connectivity index is 2.63. The lowest BCUT2D eigenvalue weighted by Crippen LogP contribution is -2.10. The molecule has 1 aromatic carbocycles. The summed E-state index contributed by atoms with van der Waals surface area (Å²) in [5.41, 5.74) is 8.40. The van der Waals surface area contributed by atoms with E-state index in [1.165, 1.54) is 0 Å². The van der Waals surface area contributed by atoms with Gasteiger partial charge in [0.1, 0.15) is 5.82 Å².